The van der Waals surface area contributed by atoms with Crippen molar-refractivity contribution in [1.29, 1.82) is 0 Å². The molecule has 3 heterocycles. The molecule has 7 heteroatoms. The molecule has 142 valence electrons. The molecule has 0 unspecified atom stereocenters. The summed E-state index contributed by atoms with van der Waals surface area (Å²) in [7, 11) is 1.86. The Morgan fingerprint density at radius 3 is 2.71 bits per heavy atom. The third-order valence-electron chi connectivity index (χ3n) is 4.83. The Labute approximate surface area is 162 Å². The molecule has 4 rings (SSSR count). The van der Waals surface area contributed by atoms with Crippen LogP contribution in [0.4, 0.5) is 4.39 Å². The fourth-order valence-electron chi connectivity index (χ4n) is 3.42. The van der Waals surface area contributed by atoms with Gasteiger partial charge < -0.3 is 4.90 Å². The number of carbonyl (C=O) groups is 1. The topological polar surface area (TPSA) is 63.9 Å². The van der Waals surface area contributed by atoms with Crippen LogP contribution in [0.3, 0.4) is 0 Å². The van der Waals surface area contributed by atoms with Crippen molar-refractivity contribution in [3.63, 3.8) is 0 Å². The van der Waals surface area contributed by atoms with Gasteiger partial charge in [-0.1, -0.05) is 18.7 Å². The van der Waals surface area contributed by atoms with Gasteiger partial charge >= 0.3 is 0 Å². The number of hydrogen-bond acceptors (Lipinski definition) is 4. The van der Waals surface area contributed by atoms with Crippen LogP contribution in [0.5, 0.6) is 0 Å². The van der Waals surface area contributed by atoms with E-state index in [0.717, 1.165) is 28.2 Å². The van der Waals surface area contributed by atoms with Gasteiger partial charge in [-0.2, -0.15) is 5.10 Å². The van der Waals surface area contributed by atoms with E-state index in [9.17, 15) is 9.18 Å². The van der Waals surface area contributed by atoms with Crippen molar-refractivity contribution in [2.75, 3.05) is 6.54 Å². The van der Waals surface area contributed by atoms with Crippen molar-refractivity contribution in [2.24, 2.45) is 7.05 Å². The van der Waals surface area contributed by atoms with Crippen LogP contribution in [0.2, 0.25) is 0 Å². The highest BCUT2D eigenvalue weighted by Crippen LogP contribution is 2.27. The molecule has 3 aromatic rings. The maximum absolute atomic E-state index is 13.2. The quantitative estimate of drug-likeness (QED) is 0.656. The summed E-state index contributed by atoms with van der Waals surface area (Å²) >= 11 is 0. The third kappa shape index (κ3) is 3.55. The Morgan fingerprint density at radius 2 is 2.04 bits per heavy atom. The van der Waals surface area contributed by atoms with Gasteiger partial charge in [-0.15, -0.1) is 0 Å². The number of aryl methyl sites for hydroxylation is 1. The lowest BCUT2D eigenvalue weighted by Crippen LogP contribution is -2.36. The number of benzene rings is 1. The normalized spacial score (nSPS) is 13.3. The Bertz CT molecular complexity index is 1040. The fraction of sp³-hybridized carbons (Fsp3) is 0.238. The molecule has 0 N–H and O–H groups in total. The van der Waals surface area contributed by atoms with E-state index in [4.69, 9.17) is 9.97 Å². The molecule has 6 nitrogen and oxygen atoms in total. The lowest BCUT2D eigenvalue weighted by Gasteiger charge is -2.28. The first-order valence-corrected chi connectivity index (χ1v) is 9.08. The predicted molar refractivity (Wildman–Crippen MR) is 103 cm³/mol. The second kappa shape index (κ2) is 7.34. The van der Waals surface area contributed by atoms with Crippen LogP contribution in [0.1, 0.15) is 22.6 Å². The standard InChI is InChI=1S/C21H20FN5O/c1-3-20(28)27-11-8-16-18(13-27)23-19(12-14-4-6-15(22)7-5-14)24-21(16)17-9-10-26(2)25-17/h3-7,9-10H,1,8,11-13H2,2H3. The largest absolute Gasteiger partial charge is 0.333 e. The average molecular weight is 377 g/mol. The van der Waals surface area contributed by atoms with Crippen LogP contribution in [0, 0.1) is 5.82 Å². The molecular formula is C21H20FN5O. The van der Waals surface area contributed by atoms with Gasteiger partial charge in [0.2, 0.25) is 5.91 Å². The van der Waals surface area contributed by atoms with Crippen molar-refractivity contribution < 1.29 is 9.18 Å². The predicted octanol–water partition coefficient (Wildman–Crippen LogP) is 2.68. The summed E-state index contributed by atoms with van der Waals surface area (Å²) in [6, 6.07) is 8.24. The van der Waals surface area contributed by atoms with Gasteiger partial charge in [0.15, 0.2) is 0 Å². The minimum Gasteiger partial charge on any atom is -0.333 e. The van der Waals surface area contributed by atoms with Crippen LogP contribution in [0.15, 0.2) is 49.2 Å². The van der Waals surface area contributed by atoms with E-state index in [-0.39, 0.29) is 11.7 Å². The summed E-state index contributed by atoms with van der Waals surface area (Å²) in [5.41, 5.74) is 4.35. The molecule has 2 aromatic heterocycles. The molecule has 28 heavy (non-hydrogen) atoms. The second-order valence-electron chi connectivity index (χ2n) is 6.81. The van der Waals surface area contributed by atoms with Gasteiger partial charge in [-0.25, -0.2) is 14.4 Å². The third-order valence-corrected chi connectivity index (χ3v) is 4.83. The van der Waals surface area contributed by atoms with E-state index < -0.39 is 0 Å². The van der Waals surface area contributed by atoms with E-state index in [2.05, 4.69) is 11.7 Å². The molecule has 1 amide bonds. The maximum atomic E-state index is 13.2. The van der Waals surface area contributed by atoms with Crippen LogP contribution < -0.4 is 0 Å². The molecule has 0 saturated carbocycles. The number of halogens is 1. The summed E-state index contributed by atoms with van der Waals surface area (Å²) in [6.07, 6.45) is 4.34. The van der Waals surface area contributed by atoms with Crippen LogP contribution in [-0.4, -0.2) is 37.1 Å². The number of rotatable bonds is 4. The molecule has 1 aromatic carbocycles. The van der Waals surface area contributed by atoms with E-state index in [1.54, 1.807) is 21.7 Å². The lowest BCUT2D eigenvalue weighted by atomic mass is 10.0. The molecule has 0 radical (unpaired) electrons. The van der Waals surface area contributed by atoms with Crippen molar-refractivity contribution >= 4 is 5.91 Å². The molecule has 0 saturated heterocycles. The Hall–Kier alpha value is -3.35. The van der Waals surface area contributed by atoms with E-state index in [0.29, 0.717) is 31.8 Å². The maximum Gasteiger partial charge on any atom is 0.246 e. The van der Waals surface area contributed by atoms with Crippen molar-refractivity contribution in [3.05, 3.63) is 77.6 Å². The van der Waals surface area contributed by atoms with Gasteiger partial charge in [0, 0.05) is 31.8 Å². The summed E-state index contributed by atoms with van der Waals surface area (Å²) in [5.74, 6) is 0.241. The average Bonchev–Trinajstić information content (AvgIpc) is 3.14. The minimum atomic E-state index is -0.275. The first-order chi connectivity index (χ1) is 13.5. The number of carbonyl (C=O) groups excluding carboxylic acids is 1. The number of nitrogens with zero attached hydrogens (tertiary/aromatic N) is 5. The van der Waals surface area contributed by atoms with Gasteiger partial charge in [-0.05, 0) is 36.3 Å². The zero-order chi connectivity index (χ0) is 19.7. The monoisotopic (exact) mass is 377 g/mol. The number of hydrogen-bond donors (Lipinski definition) is 0. The second-order valence-corrected chi connectivity index (χ2v) is 6.81. The Balaban J connectivity index is 1.76. The van der Waals surface area contributed by atoms with Crippen LogP contribution in [-0.2, 0) is 31.2 Å². The highest BCUT2D eigenvalue weighted by atomic mass is 19.1. The van der Waals surface area contributed by atoms with E-state index in [1.165, 1.54) is 18.2 Å². The van der Waals surface area contributed by atoms with Crippen LogP contribution >= 0.6 is 0 Å². The molecule has 0 aliphatic carbocycles. The molecule has 0 spiro atoms. The molecule has 0 bridgehead atoms. The Kier molecular flexibility index (Phi) is 4.73. The SMILES string of the molecule is C=CC(=O)N1CCc2c(nc(Cc3ccc(F)cc3)nc2-c2ccn(C)n2)C1. The number of amides is 1. The zero-order valence-corrected chi connectivity index (χ0v) is 15.6. The lowest BCUT2D eigenvalue weighted by molar-refractivity contribution is -0.126. The van der Waals surface area contributed by atoms with E-state index >= 15 is 0 Å². The number of fused-ring (bicyclic) bond motifs is 1. The smallest absolute Gasteiger partial charge is 0.246 e. The van der Waals surface area contributed by atoms with Gasteiger partial charge in [0.05, 0.1) is 17.9 Å². The zero-order valence-electron chi connectivity index (χ0n) is 15.6. The Morgan fingerprint density at radius 1 is 1.25 bits per heavy atom. The number of aromatic nitrogens is 4. The highest BCUT2D eigenvalue weighted by molar-refractivity contribution is 5.87. The highest BCUT2D eigenvalue weighted by Gasteiger charge is 2.25. The van der Waals surface area contributed by atoms with Crippen molar-refractivity contribution in [2.45, 2.75) is 19.4 Å². The van der Waals surface area contributed by atoms with Crippen molar-refractivity contribution in [1.82, 2.24) is 24.6 Å². The summed E-state index contributed by atoms with van der Waals surface area (Å²) in [5, 5.41) is 4.50. The van der Waals surface area contributed by atoms with Crippen molar-refractivity contribution in [3.8, 4) is 11.4 Å². The summed E-state index contributed by atoms with van der Waals surface area (Å²) in [4.78, 5) is 23.3. The van der Waals surface area contributed by atoms with E-state index in [1.807, 2.05) is 19.3 Å². The van der Waals surface area contributed by atoms with Crippen LogP contribution in [0.25, 0.3) is 11.4 Å². The summed E-state index contributed by atoms with van der Waals surface area (Å²) in [6.45, 7) is 4.58. The molecule has 0 atom stereocenters. The molecular weight excluding hydrogens is 357 g/mol. The first-order valence-electron chi connectivity index (χ1n) is 9.08. The fourth-order valence-corrected chi connectivity index (χ4v) is 3.42. The molecule has 0 fully saturated rings. The molecule has 1 aliphatic heterocycles. The summed E-state index contributed by atoms with van der Waals surface area (Å²) < 4.78 is 14.9. The molecule has 1 aliphatic rings. The van der Waals surface area contributed by atoms with Gasteiger partial charge in [0.1, 0.15) is 17.3 Å². The van der Waals surface area contributed by atoms with Gasteiger partial charge in [0.25, 0.3) is 0 Å². The van der Waals surface area contributed by atoms with Gasteiger partial charge in [-0.3, -0.25) is 9.48 Å². The first kappa shape index (κ1) is 18.0. The minimum absolute atomic E-state index is 0.108.